The van der Waals surface area contributed by atoms with E-state index in [2.05, 4.69) is 39.9 Å². The van der Waals surface area contributed by atoms with Gasteiger partial charge in [0.15, 0.2) is 0 Å². The smallest absolute Gasteiger partial charge is 0.222 e. The maximum Gasteiger partial charge on any atom is 0.222 e. The number of nitrogens with one attached hydrogen (secondary N) is 1. The second-order valence-corrected chi connectivity index (χ2v) is 8.04. The number of rotatable bonds is 17. The molecule has 156 valence electrons. The first-order valence-electron chi connectivity index (χ1n) is 9.89. The van der Waals surface area contributed by atoms with E-state index in [9.17, 15) is 4.79 Å². The van der Waals surface area contributed by atoms with Crippen molar-refractivity contribution < 1.29 is 23.7 Å². The Labute approximate surface area is 160 Å². The van der Waals surface area contributed by atoms with Crippen LogP contribution in [0.2, 0.25) is 0 Å². The van der Waals surface area contributed by atoms with Crippen LogP contribution in [0.5, 0.6) is 0 Å². The lowest BCUT2D eigenvalue weighted by Gasteiger charge is -2.17. The number of hydrogen-bond donors (Lipinski definition) is 1. The van der Waals surface area contributed by atoms with Gasteiger partial charge in [0.25, 0.3) is 0 Å². The fourth-order valence-corrected chi connectivity index (χ4v) is 1.91. The van der Waals surface area contributed by atoms with E-state index < -0.39 is 0 Å². The standard InChI is InChI=1S/C20H41NO5/c1-18(2)6-10-23-12-14-25-16-17-26-15-13-24-11-7-19(22)21-9-8-20(3,4)5/h18H,6-17H2,1-5H3,(H,21,22). The summed E-state index contributed by atoms with van der Waals surface area (Å²) < 4.78 is 21.7. The lowest BCUT2D eigenvalue weighted by atomic mass is 9.92. The van der Waals surface area contributed by atoms with Gasteiger partial charge in [-0.1, -0.05) is 34.6 Å². The minimum absolute atomic E-state index is 0.0409. The van der Waals surface area contributed by atoms with E-state index in [4.69, 9.17) is 18.9 Å². The summed E-state index contributed by atoms with van der Waals surface area (Å²) in [5, 5.41) is 2.91. The maximum atomic E-state index is 11.6. The first-order chi connectivity index (χ1) is 12.3. The normalized spacial score (nSPS) is 11.9. The van der Waals surface area contributed by atoms with Crippen molar-refractivity contribution in [3.05, 3.63) is 0 Å². The molecule has 0 heterocycles. The highest BCUT2D eigenvalue weighted by atomic mass is 16.6. The molecule has 26 heavy (non-hydrogen) atoms. The Hall–Kier alpha value is -0.690. The largest absolute Gasteiger partial charge is 0.379 e. The average molecular weight is 376 g/mol. The highest BCUT2D eigenvalue weighted by molar-refractivity contribution is 5.75. The third kappa shape index (κ3) is 21.4. The van der Waals surface area contributed by atoms with Crippen LogP contribution in [0.4, 0.5) is 0 Å². The summed E-state index contributed by atoms with van der Waals surface area (Å²) in [7, 11) is 0. The van der Waals surface area contributed by atoms with Crippen LogP contribution in [0.25, 0.3) is 0 Å². The topological polar surface area (TPSA) is 66.0 Å². The molecule has 0 rings (SSSR count). The van der Waals surface area contributed by atoms with E-state index in [-0.39, 0.29) is 11.3 Å². The lowest BCUT2D eigenvalue weighted by Crippen LogP contribution is -2.28. The van der Waals surface area contributed by atoms with Gasteiger partial charge < -0.3 is 24.3 Å². The van der Waals surface area contributed by atoms with Crippen LogP contribution in [0.3, 0.4) is 0 Å². The van der Waals surface area contributed by atoms with Gasteiger partial charge in [0.05, 0.1) is 46.2 Å². The molecular formula is C20H41NO5. The SMILES string of the molecule is CC(C)CCOCCOCCOCCOCCC(=O)NCCC(C)(C)C. The molecule has 0 saturated heterocycles. The summed E-state index contributed by atoms with van der Waals surface area (Å²) in [5.41, 5.74) is 0.242. The molecule has 0 aromatic carbocycles. The second kappa shape index (κ2) is 16.5. The van der Waals surface area contributed by atoms with Crippen LogP contribution in [0.15, 0.2) is 0 Å². The predicted octanol–water partition coefficient (Wildman–Crippen LogP) is 3.04. The molecule has 0 aliphatic carbocycles. The third-order valence-electron chi connectivity index (χ3n) is 3.63. The van der Waals surface area contributed by atoms with Gasteiger partial charge in [-0.15, -0.1) is 0 Å². The van der Waals surface area contributed by atoms with Crippen LogP contribution in [0, 0.1) is 11.3 Å². The number of hydrogen-bond acceptors (Lipinski definition) is 5. The van der Waals surface area contributed by atoms with Crippen molar-refractivity contribution in [1.82, 2.24) is 5.32 Å². The summed E-state index contributed by atoms with van der Waals surface area (Å²) in [4.78, 5) is 11.6. The molecule has 6 heteroatoms. The monoisotopic (exact) mass is 375 g/mol. The van der Waals surface area contributed by atoms with Crippen molar-refractivity contribution in [1.29, 1.82) is 0 Å². The molecular weight excluding hydrogens is 334 g/mol. The van der Waals surface area contributed by atoms with Crippen LogP contribution < -0.4 is 5.32 Å². The summed E-state index contributed by atoms with van der Waals surface area (Å²) >= 11 is 0. The molecule has 0 bridgehead atoms. The van der Waals surface area contributed by atoms with Crippen molar-refractivity contribution in [3.8, 4) is 0 Å². The predicted molar refractivity (Wildman–Crippen MR) is 104 cm³/mol. The Kier molecular flexibility index (Phi) is 16.0. The van der Waals surface area contributed by atoms with E-state index in [1.807, 2.05) is 0 Å². The van der Waals surface area contributed by atoms with E-state index >= 15 is 0 Å². The first-order valence-corrected chi connectivity index (χ1v) is 9.89. The van der Waals surface area contributed by atoms with Gasteiger partial charge in [-0.2, -0.15) is 0 Å². The molecule has 1 N–H and O–H groups in total. The Balaban J connectivity index is 3.18. The molecule has 0 radical (unpaired) electrons. The highest BCUT2D eigenvalue weighted by Gasteiger charge is 2.10. The van der Waals surface area contributed by atoms with Crippen molar-refractivity contribution in [2.24, 2.45) is 11.3 Å². The van der Waals surface area contributed by atoms with Crippen molar-refractivity contribution in [2.75, 3.05) is 59.4 Å². The first kappa shape index (κ1) is 25.3. The Morgan fingerprint density at radius 1 is 0.808 bits per heavy atom. The van der Waals surface area contributed by atoms with Gasteiger partial charge in [0.1, 0.15) is 0 Å². The van der Waals surface area contributed by atoms with Gasteiger partial charge in [-0.25, -0.2) is 0 Å². The lowest BCUT2D eigenvalue weighted by molar-refractivity contribution is -0.122. The fraction of sp³-hybridized carbons (Fsp3) is 0.950. The zero-order chi connectivity index (χ0) is 19.7. The van der Waals surface area contributed by atoms with E-state index in [1.54, 1.807) is 0 Å². The summed E-state index contributed by atoms with van der Waals surface area (Å²) in [5.74, 6) is 0.716. The van der Waals surface area contributed by atoms with E-state index in [1.165, 1.54) is 0 Å². The summed E-state index contributed by atoms with van der Waals surface area (Å²) in [6.07, 6.45) is 2.45. The van der Waals surface area contributed by atoms with Crippen LogP contribution in [-0.4, -0.2) is 65.3 Å². The number of ether oxygens (including phenoxy) is 4. The highest BCUT2D eigenvalue weighted by Crippen LogP contribution is 2.16. The fourth-order valence-electron chi connectivity index (χ4n) is 1.91. The molecule has 6 nitrogen and oxygen atoms in total. The molecule has 0 fully saturated rings. The van der Waals surface area contributed by atoms with Gasteiger partial charge in [-0.05, 0) is 24.2 Å². The second-order valence-electron chi connectivity index (χ2n) is 8.04. The Morgan fingerprint density at radius 3 is 1.73 bits per heavy atom. The summed E-state index contributed by atoms with van der Waals surface area (Å²) in [6, 6.07) is 0. The van der Waals surface area contributed by atoms with Gasteiger partial charge >= 0.3 is 0 Å². The Bertz CT molecular complexity index is 329. The van der Waals surface area contributed by atoms with Crippen molar-refractivity contribution in [3.63, 3.8) is 0 Å². The quantitative estimate of drug-likeness (QED) is 0.396. The number of carbonyl (C=O) groups excluding carboxylic acids is 1. The van der Waals surface area contributed by atoms with Crippen molar-refractivity contribution >= 4 is 5.91 Å². The zero-order valence-corrected chi connectivity index (χ0v) is 17.6. The minimum atomic E-state index is 0.0409. The molecule has 0 aliphatic heterocycles. The van der Waals surface area contributed by atoms with Gasteiger partial charge in [0, 0.05) is 19.6 Å². The van der Waals surface area contributed by atoms with Crippen LogP contribution >= 0.6 is 0 Å². The maximum absolute atomic E-state index is 11.6. The van der Waals surface area contributed by atoms with Crippen molar-refractivity contribution in [2.45, 2.75) is 53.9 Å². The van der Waals surface area contributed by atoms with Gasteiger partial charge in [0.2, 0.25) is 5.91 Å². The molecule has 0 saturated carbocycles. The minimum Gasteiger partial charge on any atom is -0.379 e. The summed E-state index contributed by atoms with van der Waals surface area (Å²) in [6.45, 7) is 16.1. The molecule has 0 aliphatic rings. The van der Waals surface area contributed by atoms with Crippen LogP contribution in [-0.2, 0) is 23.7 Å². The van der Waals surface area contributed by atoms with E-state index in [0.717, 1.165) is 19.4 Å². The molecule has 1 amide bonds. The number of carbonyl (C=O) groups is 1. The van der Waals surface area contributed by atoms with E-state index in [0.29, 0.717) is 65.1 Å². The molecule has 0 aromatic rings. The molecule has 0 aromatic heterocycles. The van der Waals surface area contributed by atoms with Gasteiger partial charge in [-0.3, -0.25) is 4.79 Å². The Morgan fingerprint density at radius 2 is 1.27 bits per heavy atom. The molecule has 0 unspecified atom stereocenters. The molecule has 0 atom stereocenters. The average Bonchev–Trinajstić information content (AvgIpc) is 2.53. The third-order valence-corrected chi connectivity index (χ3v) is 3.63. The van der Waals surface area contributed by atoms with Crippen LogP contribution in [0.1, 0.15) is 53.9 Å². The molecule has 0 spiro atoms. The zero-order valence-electron chi connectivity index (χ0n) is 17.6. The number of amides is 1.